The minimum Gasteiger partial charge on any atom is -0.490 e. The van der Waals surface area contributed by atoms with E-state index in [0.29, 0.717) is 31.0 Å². The molecule has 2 saturated heterocycles. The standard InChI is InChI=1S/C28H33NO7/c1-4-33-23-7-5-6-20-25-21(28(2,3)36-26(20)23)14-18-15-29(13-12-22(18)35-25)27(32)17-8-10-19(11-9-17)34-16-24(30)31/h5-11,18,21-22,25H,4,12-16H2,1-3H3,(H,30,31)/t18-,21-,22-,25+/m1/s1. The molecule has 36 heavy (non-hydrogen) atoms. The Morgan fingerprint density at radius 3 is 2.64 bits per heavy atom. The van der Waals surface area contributed by atoms with E-state index in [1.54, 1.807) is 24.3 Å². The zero-order valence-corrected chi connectivity index (χ0v) is 20.9. The summed E-state index contributed by atoms with van der Waals surface area (Å²) in [6, 6.07) is 12.7. The van der Waals surface area contributed by atoms with Gasteiger partial charge in [-0.15, -0.1) is 0 Å². The van der Waals surface area contributed by atoms with Crippen LogP contribution < -0.4 is 14.2 Å². The fraction of sp³-hybridized carbons (Fsp3) is 0.500. The highest BCUT2D eigenvalue weighted by Crippen LogP contribution is 2.55. The molecule has 0 spiro atoms. The first kappa shape index (κ1) is 24.4. The maximum Gasteiger partial charge on any atom is 0.341 e. The average molecular weight is 496 g/mol. The Labute approximate surface area is 211 Å². The van der Waals surface area contributed by atoms with Gasteiger partial charge < -0.3 is 29.0 Å². The summed E-state index contributed by atoms with van der Waals surface area (Å²) < 4.78 is 24.3. The first-order valence-electron chi connectivity index (χ1n) is 12.6. The Morgan fingerprint density at radius 2 is 1.92 bits per heavy atom. The van der Waals surface area contributed by atoms with Crippen LogP contribution in [0.5, 0.6) is 17.2 Å². The molecule has 8 heteroatoms. The fourth-order valence-electron chi connectivity index (χ4n) is 5.77. The Bertz CT molecular complexity index is 1130. The van der Waals surface area contributed by atoms with Gasteiger partial charge in [-0.3, -0.25) is 4.79 Å². The molecule has 0 bridgehead atoms. The first-order chi connectivity index (χ1) is 17.3. The molecule has 0 aromatic heterocycles. The molecule has 3 aliphatic heterocycles. The van der Waals surface area contributed by atoms with Crippen LogP contribution in [-0.2, 0) is 9.53 Å². The third-order valence-corrected chi connectivity index (χ3v) is 7.53. The zero-order valence-electron chi connectivity index (χ0n) is 20.9. The Balaban J connectivity index is 1.30. The third-order valence-electron chi connectivity index (χ3n) is 7.53. The normalized spacial score (nSPS) is 26.0. The predicted octanol–water partition coefficient (Wildman–Crippen LogP) is 4.33. The number of carboxylic acid groups (broad SMARTS) is 1. The topological polar surface area (TPSA) is 94.5 Å². The van der Waals surface area contributed by atoms with Gasteiger partial charge in [-0.25, -0.2) is 4.79 Å². The summed E-state index contributed by atoms with van der Waals surface area (Å²) in [5, 5.41) is 8.76. The molecule has 3 heterocycles. The smallest absolute Gasteiger partial charge is 0.341 e. The number of para-hydroxylation sites is 1. The first-order valence-corrected chi connectivity index (χ1v) is 12.6. The summed E-state index contributed by atoms with van der Waals surface area (Å²) in [6.45, 7) is 7.60. The molecule has 1 amide bonds. The number of benzene rings is 2. The highest BCUT2D eigenvalue weighted by atomic mass is 16.5. The molecule has 4 atom stereocenters. The molecule has 5 rings (SSSR count). The van der Waals surface area contributed by atoms with Crippen LogP contribution >= 0.6 is 0 Å². The van der Waals surface area contributed by atoms with Gasteiger partial charge >= 0.3 is 5.97 Å². The van der Waals surface area contributed by atoms with Crippen molar-refractivity contribution >= 4 is 11.9 Å². The molecule has 3 aliphatic rings. The van der Waals surface area contributed by atoms with Gasteiger partial charge in [0.25, 0.3) is 5.91 Å². The second kappa shape index (κ2) is 9.65. The molecule has 192 valence electrons. The Morgan fingerprint density at radius 1 is 1.14 bits per heavy atom. The molecule has 1 N–H and O–H groups in total. The molecular formula is C28H33NO7. The van der Waals surface area contributed by atoms with Crippen molar-refractivity contribution in [2.45, 2.75) is 51.4 Å². The number of fused-ring (bicyclic) bond motifs is 4. The second-order valence-electron chi connectivity index (χ2n) is 10.3. The van der Waals surface area contributed by atoms with Crippen LogP contribution in [0.25, 0.3) is 0 Å². The SMILES string of the molecule is CCOc1cccc2c1OC(C)(C)[C@@H]1C[C@@H]3CN(C(=O)c4ccc(OCC(=O)O)cc4)CC[C@H]3O[C@@H]21. The van der Waals surface area contributed by atoms with Crippen LogP contribution in [0.15, 0.2) is 42.5 Å². The number of rotatable bonds is 6. The van der Waals surface area contributed by atoms with E-state index in [0.717, 1.165) is 29.9 Å². The molecule has 8 nitrogen and oxygen atoms in total. The van der Waals surface area contributed by atoms with E-state index < -0.39 is 18.2 Å². The summed E-state index contributed by atoms with van der Waals surface area (Å²) in [7, 11) is 0. The molecule has 0 saturated carbocycles. The predicted molar refractivity (Wildman–Crippen MR) is 132 cm³/mol. The van der Waals surface area contributed by atoms with Crippen molar-refractivity contribution in [2.75, 3.05) is 26.3 Å². The highest BCUT2D eigenvalue weighted by Gasteiger charge is 2.52. The number of ether oxygens (including phenoxy) is 4. The van der Waals surface area contributed by atoms with Gasteiger partial charge in [0, 0.05) is 36.1 Å². The van der Waals surface area contributed by atoms with Gasteiger partial charge in [0.1, 0.15) is 11.4 Å². The van der Waals surface area contributed by atoms with E-state index in [9.17, 15) is 9.59 Å². The number of nitrogens with zero attached hydrogens (tertiary/aromatic N) is 1. The van der Waals surface area contributed by atoms with E-state index in [-0.39, 0.29) is 30.0 Å². The lowest BCUT2D eigenvalue weighted by Gasteiger charge is -2.53. The highest BCUT2D eigenvalue weighted by molar-refractivity contribution is 5.94. The lowest BCUT2D eigenvalue weighted by molar-refractivity contribution is -0.184. The maximum absolute atomic E-state index is 13.2. The van der Waals surface area contributed by atoms with E-state index in [1.165, 1.54) is 0 Å². The molecule has 0 unspecified atom stereocenters. The van der Waals surface area contributed by atoms with Crippen molar-refractivity contribution in [3.05, 3.63) is 53.6 Å². The summed E-state index contributed by atoms with van der Waals surface area (Å²) in [5.41, 5.74) is 1.17. The van der Waals surface area contributed by atoms with E-state index in [1.807, 2.05) is 24.0 Å². The molecule has 0 aliphatic carbocycles. The summed E-state index contributed by atoms with van der Waals surface area (Å²) in [5.74, 6) is 1.27. The van der Waals surface area contributed by atoms with Crippen molar-refractivity contribution in [3.63, 3.8) is 0 Å². The Kier molecular flexibility index (Phi) is 6.55. The average Bonchev–Trinajstić information content (AvgIpc) is 2.87. The molecule has 2 aromatic rings. The summed E-state index contributed by atoms with van der Waals surface area (Å²) in [4.78, 5) is 25.8. The fourth-order valence-corrected chi connectivity index (χ4v) is 5.77. The minimum absolute atomic E-state index is 0.0359. The molecule has 0 radical (unpaired) electrons. The summed E-state index contributed by atoms with van der Waals surface area (Å²) in [6.07, 6.45) is 1.71. The molecule has 2 aromatic carbocycles. The number of piperidine rings is 1. The van der Waals surface area contributed by atoms with Crippen molar-refractivity contribution in [1.82, 2.24) is 4.90 Å². The van der Waals surface area contributed by atoms with Crippen LogP contribution in [0, 0.1) is 11.8 Å². The quantitative estimate of drug-likeness (QED) is 0.638. The molecule has 2 fully saturated rings. The van der Waals surface area contributed by atoms with E-state index in [4.69, 9.17) is 24.1 Å². The van der Waals surface area contributed by atoms with Crippen molar-refractivity contribution in [1.29, 1.82) is 0 Å². The number of amides is 1. The van der Waals surface area contributed by atoms with Crippen LogP contribution in [-0.4, -0.2) is 59.9 Å². The van der Waals surface area contributed by atoms with Crippen LogP contribution in [0.3, 0.4) is 0 Å². The van der Waals surface area contributed by atoms with Gasteiger partial charge in [-0.2, -0.15) is 0 Å². The van der Waals surface area contributed by atoms with Crippen LogP contribution in [0.4, 0.5) is 0 Å². The number of likely N-dealkylation sites (tertiary alicyclic amines) is 1. The zero-order chi connectivity index (χ0) is 25.4. The third kappa shape index (κ3) is 4.62. The minimum atomic E-state index is -1.04. The van der Waals surface area contributed by atoms with E-state index in [2.05, 4.69) is 19.9 Å². The largest absolute Gasteiger partial charge is 0.490 e. The Hall–Kier alpha value is -3.26. The second-order valence-corrected chi connectivity index (χ2v) is 10.3. The number of carboxylic acids is 1. The van der Waals surface area contributed by atoms with Crippen molar-refractivity contribution in [3.8, 4) is 17.2 Å². The van der Waals surface area contributed by atoms with Crippen LogP contribution in [0.1, 0.15) is 55.6 Å². The van der Waals surface area contributed by atoms with Gasteiger partial charge in [-0.05, 0) is 63.9 Å². The van der Waals surface area contributed by atoms with Gasteiger partial charge in [-0.1, -0.05) is 12.1 Å². The number of carbonyl (C=O) groups excluding carboxylic acids is 1. The lowest BCUT2D eigenvalue weighted by atomic mass is 9.70. The van der Waals surface area contributed by atoms with Gasteiger partial charge in [0.05, 0.1) is 18.8 Å². The van der Waals surface area contributed by atoms with E-state index >= 15 is 0 Å². The number of aliphatic carboxylic acids is 1. The maximum atomic E-state index is 13.2. The lowest BCUT2D eigenvalue weighted by Crippen LogP contribution is -2.56. The van der Waals surface area contributed by atoms with Crippen molar-refractivity contribution in [2.24, 2.45) is 11.8 Å². The van der Waals surface area contributed by atoms with Gasteiger partial charge in [0.2, 0.25) is 0 Å². The monoisotopic (exact) mass is 495 g/mol. The molecular weight excluding hydrogens is 462 g/mol. The number of hydrogen-bond acceptors (Lipinski definition) is 6. The van der Waals surface area contributed by atoms with Crippen molar-refractivity contribution < 1.29 is 33.6 Å². The van der Waals surface area contributed by atoms with Gasteiger partial charge in [0.15, 0.2) is 18.1 Å². The van der Waals surface area contributed by atoms with Crippen LogP contribution in [0.2, 0.25) is 0 Å². The number of hydrogen-bond donors (Lipinski definition) is 1. The summed E-state index contributed by atoms with van der Waals surface area (Å²) >= 11 is 0. The number of carbonyl (C=O) groups is 2.